The number of aromatic nitrogens is 2. The van der Waals surface area contributed by atoms with Gasteiger partial charge in [-0.3, -0.25) is 4.98 Å². The number of nitrogens with one attached hydrogen (secondary N) is 2. The molecule has 1 aromatic heterocycles. The van der Waals surface area contributed by atoms with Crippen molar-refractivity contribution in [1.82, 2.24) is 9.97 Å². The SMILES string of the molecule is N#Cc1cc(NC2CCC2)nc(=O)[nH]1. The molecule has 5 nitrogen and oxygen atoms in total. The first-order valence-electron chi connectivity index (χ1n) is 4.56. The van der Waals surface area contributed by atoms with E-state index in [-0.39, 0.29) is 5.69 Å². The third-order valence-electron chi connectivity index (χ3n) is 2.32. The molecule has 1 aliphatic carbocycles. The van der Waals surface area contributed by atoms with Gasteiger partial charge in [-0.1, -0.05) is 0 Å². The molecule has 0 bridgehead atoms. The van der Waals surface area contributed by atoms with Gasteiger partial charge in [-0.2, -0.15) is 10.2 Å². The summed E-state index contributed by atoms with van der Waals surface area (Å²) in [6.07, 6.45) is 3.43. The lowest BCUT2D eigenvalue weighted by molar-refractivity contribution is 0.444. The standard InChI is InChI=1S/C9H10N4O/c10-5-7-4-8(13-9(14)12-7)11-6-2-1-3-6/h4,6H,1-3H2,(H2,11,12,13,14). The van der Waals surface area contributed by atoms with Crippen molar-refractivity contribution in [3.8, 4) is 6.07 Å². The first-order valence-corrected chi connectivity index (χ1v) is 4.56. The van der Waals surface area contributed by atoms with Gasteiger partial charge < -0.3 is 5.32 Å². The zero-order chi connectivity index (χ0) is 9.97. The highest BCUT2D eigenvalue weighted by atomic mass is 16.1. The smallest absolute Gasteiger partial charge is 0.347 e. The number of nitriles is 1. The van der Waals surface area contributed by atoms with Gasteiger partial charge in [0.1, 0.15) is 17.6 Å². The van der Waals surface area contributed by atoms with Crippen LogP contribution in [0.1, 0.15) is 25.0 Å². The number of hydrogen-bond acceptors (Lipinski definition) is 4. The first kappa shape index (κ1) is 8.75. The zero-order valence-corrected chi connectivity index (χ0v) is 7.58. The lowest BCUT2D eigenvalue weighted by Crippen LogP contribution is -2.28. The Morgan fingerprint density at radius 2 is 2.43 bits per heavy atom. The minimum Gasteiger partial charge on any atom is -0.367 e. The molecular formula is C9H10N4O. The molecule has 0 atom stereocenters. The summed E-state index contributed by atoms with van der Waals surface area (Å²) in [6, 6.07) is 3.85. The summed E-state index contributed by atoms with van der Waals surface area (Å²) in [6.45, 7) is 0. The molecule has 2 rings (SSSR count). The second-order valence-electron chi connectivity index (χ2n) is 3.37. The molecule has 1 heterocycles. The van der Waals surface area contributed by atoms with E-state index in [2.05, 4.69) is 15.3 Å². The lowest BCUT2D eigenvalue weighted by atomic mass is 9.93. The maximum atomic E-state index is 11.0. The molecule has 1 fully saturated rings. The van der Waals surface area contributed by atoms with Gasteiger partial charge >= 0.3 is 5.69 Å². The van der Waals surface area contributed by atoms with Crippen LogP contribution < -0.4 is 11.0 Å². The maximum absolute atomic E-state index is 11.0. The molecule has 1 aromatic rings. The maximum Gasteiger partial charge on any atom is 0.347 e. The number of hydrogen-bond donors (Lipinski definition) is 2. The normalized spacial score (nSPS) is 15.6. The van der Waals surface area contributed by atoms with Crippen LogP contribution in [0, 0.1) is 11.3 Å². The van der Waals surface area contributed by atoms with Crippen molar-refractivity contribution in [2.75, 3.05) is 5.32 Å². The minimum absolute atomic E-state index is 0.242. The molecule has 1 saturated carbocycles. The first-order chi connectivity index (χ1) is 6.78. The minimum atomic E-state index is -0.481. The molecular weight excluding hydrogens is 180 g/mol. The van der Waals surface area contributed by atoms with E-state index in [0.717, 1.165) is 12.8 Å². The van der Waals surface area contributed by atoms with Crippen molar-refractivity contribution >= 4 is 5.82 Å². The predicted molar refractivity (Wildman–Crippen MR) is 50.8 cm³/mol. The van der Waals surface area contributed by atoms with Gasteiger partial charge in [-0.05, 0) is 19.3 Å². The molecule has 14 heavy (non-hydrogen) atoms. The zero-order valence-electron chi connectivity index (χ0n) is 7.58. The van der Waals surface area contributed by atoms with E-state index >= 15 is 0 Å². The van der Waals surface area contributed by atoms with Crippen LogP contribution in [-0.2, 0) is 0 Å². The average Bonchev–Trinajstić information content (AvgIpc) is 2.10. The predicted octanol–water partition coefficient (Wildman–Crippen LogP) is 0.606. The van der Waals surface area contributed by atoms with Gasteiger partial charge in [-0.15, -0.1) is 0 Å². The van der Waals surface area contributed by atoms with Crippen LogP contribution in [0.5, 0.6) is 0 Å². The second-order valence-corrected chi connectivity index (χ2v) is 3.37. The second kappa shape index (κ2) is 3.50. The molecule has 1 aliphatic rings. The van der Waals surface area contributed by atoms with Crippen molar-refractivity contribution < 1.29 is 0 Å². The van der Waals surface area contributed by atoms with Gasteiger partial charge in [0.2, 0.25) is 0 Å². The molecule has 0 amide bonds. The highest BCUT2D eigenvalue weighted by Crippen LogP contribution is 2.21. The summed E-state index contributed by atoms with van der Waals surface area (Å²) in [4.78, 5) is 17.1. The molecule has 0 spiro atoms. The van der Waals surface area contributed by atoms with E-state index < -0.39 is 5.69 Å². The van der Waals surface area contributed by atoms with Crippen molar-refractivity contribution in [1.29, 1.82) is 5.26 Å². The molecule has 0 aliphatic heterocycles. The Balaban J connectivity index is 2.20. The summed E-state index contributed by atoms with van der Waals surface area (Å²) in [5, 5.41) is 11.7. The van der Waals surface area contributed by atoms with Gasteiger partial charge in [-0.25, -0.2) is 4.79 Å². The van der Waals surface area contributed by atoms with E-state index in [1.54, 1.807) is 6.07 Å². The molecule has 2 N–H and O–H groups in total. The van der Waals surface area contributed by atoms with E-state index in [1.165, 1.54) is 6.42 Å². The number of H-pyrrole nitrogens is 1. The van der Waals surface area contributed by atoms with Crippen LogP contribution >= 0.6 is 0 Å². The molecule has 5 heteroatoms. The summed E-state index contributed by atoms with van der Waals surface area (Å²) >= 11 is 0. The molecule has 72 valence electrons. The van der Waals surface area contributed by atoms with E-state index in [0.29, 0.717) is 11.9 Å². The van der Waals surface area contributed by atoms with E-state index in [4.69, 9.17) is 5.26 Å². The highest BCUT2D eigenvalue weighted by molar-refractivity contribution is 5.39. The Bertz CT molecular complexity index is 427. The van der Waals surface area contributed by atoms with Crippen LogP contribution in [0.25, 0.3) is 0 Å². The fraction of sp³-hybridized carbons (Fsp3) is 0.444. The van der Waals surface area contributed by atoms with Crippen LogP contribution in [0.3, 0.4) is 0 Å². The van der Waals surface area contributed by atoms with Crippen molar-refractivity contribution in [2.24, 2.45) is 0 Å². The van der Waals surface area contributed by atoms with Crippen LogP contribution in [0.4, 0.5) is 5.82 Å². The van der Waals surface area contributed by atoms with Crippen molar-refractivity contribution in [3.63, 3.8) is 0 Å². The Labute approximate surface area is 80.8 Å². The molecule has 0 aromatic carbocycles. The largest absolute Gasteiger partial charge is 0.367 e. The van der Waals surface area contributed by atoms with Gasteiger partial charge in [0.15, 0.2) is 0 Å². The number of nitrogens with zero attached hydrogens (tertiary/aromatic N) is 2. The summed E-state index contributed by atoms with van der Waals surface area (Å²) in [5.74, 6) is 0.495. The lowest BCUT2D eigenvalue weighted by Gasteiger charge is -2.26. The van der Waals surface area contributed by atoms with Crippen molar-refractivity contribution in [3.05, 3.63) is 22.2 Å². The molecule has 0 radical (unpaired) electrons. The molecule has 0 unspecified atom stereocenters. The van der Waals surface area contributed by atoms with Crippen molar-refractivity contribution in [2.45, 2.75) is 25.3 Å². The van der Waals surface area contributed by atoms with Crippen LogP contribution in [-0.4, -0.2) is 16.0 Å². The Kier molecular flexibility index (Phi) is 2.19. The topological polar surface area (TPSA) is 81.6 Å². The Morgan fingerprint density at radius 1 is 1.64 bits per heavy atom. The average molecular weight is 190 g/mol. The quantitative estimate of drug-likeness (QED) is 0.715. The van der Waals surface area contributed by atoms with E-state index in [1.807, 2.05) is 6.07 Å². The summed E-state index contributed by atoms with van der Waals surface area (Å²) in [5.41, 5.74) is -0.238. The third kappa shape index (κ3) is 1.74. The summed E-state index contributed by atoms with van der Waals surface area (Å²) < 4.78 is 0. The summed E-state index contributed by atoms with van der Waals surface area (Å²) in [7, 11) is 0. The van der Waals surface area contributed by atoms with Gasteiger partial charge in [0, 0.05) is 12.1 Å². The third-order valence-corrected chi connectivity index (χ3v) is 2.32. The fourth-order valence-corrected chi connectivity index (χ4v) is 1.35. The van der Waals surface area contributed by atoms with Crippen LogP contribution in [0.2, 0.25) is 0 Å². The Morgan fingerprint density at radius 3 is 3.00 bits per heavy atom. The fourth-order valence-electron chi connectivity index (χ4n) is 1.35. The highest BCUT2D eigenvalue weighted by Gasteiger charge is 2.17. The monoisotopic (exact) mass is 190 g/mol. The number of aromatic amines is 1. The molecule has 0 saturated heterocycles. The number of rotatable bonds is 2. The van der Waals surface area contributed by atoms with E-state index in [9.17, 15) is 4.79 Å². The number of anilines is 1. The van der Waals surface area contributed by atoms with Crippen LogP contribution in [0.15, 0.2) is 10.9 Å². The van der Waals surface area contributed by atoms with Gasteiger partial charge in [0.05, 0.1) is 0 Å². The Hall–Kier alpha value is -1.83. The van der Waals surface area contributed by atoms with Gasteiger partial charge in [0.25, 0.3) is 0 Å².